The lowest BCUT2D eigenvalue weighted by Crippen LogP contribution is -2.25. The first-order valence-corrected chi connectivity index (χ1v) is 8.13. The summed E-state index contributed by atoms with van der Waals surface area (Å²) in [6.07, 6.45) is 1.78. The third kappa shape index (κ3) is 3.69. The number of benzene rings is 1. The van der Waals surface area contributed by atoms with Gasteiger partial charge in [-0.1, -0.05) is 12.1 Å². The van der Waals surface area contributed by atoms with Crippen molar-refractivity contribution in [3.8, 4) is 0 Å². The van der Waals surface area contributed by atoms with Gasteiger partial charge in [0.2, 0.25) is 10.0 Å². The van der Waals surface area contributed by atoms with Gasteiger partial charge >= 0.3 is 0 Å². The number of aryl methyl sites for hydroxylation is 1. The van der Waals surface area contributed by atoms with Crippen molar-refractivity contribution in [2.24, 2.45) is 7.05 Å². The number of nitrogens with one attached hydrogen (secondary N) is 2. The van der Waals surface area contributed by atoms with Gasteiger partial charge in [-0.05, 0) is 37.2 Å². The average molecular weight is 308 g/mol. The van der Waals surface area contributed by atoms with Crippen LogP contribution in [0.25, 0.3) is 0 Å². The maximum absolute atomic E-state index is 12.4. The highest BCUT2D eigenvalue weighted by Crippen LogP contribution is 2.19. The molecule has 7 heteroatoms. The lowest BCUT2D eigenvalue weighted by Gasteiger charge is -2.12. The molecule has 2 N–H and O–H groups in total. The van der Waals surface area contributed by atoms with Crippen LogP contribution in [0.1, 0.15) is 16.8 Å². The Balaban J connectivity index is 2.21. The van der Waals surface area contributed by atoms with Gasteiger partial charge in [0.1, 0.15) is 0 Å². The summed E-state index contributed by atoms with van der Waals surface area (Å²) in [7, 11) is 0.0805. The third-order valence-corrected chi connectivity index (χ3v) is 4.81. The van der Waals surface area contributed by atoms with Crippen molar-refractivity contribution in [2.75, 3.05) is 7.05 Å². The van der Waals surface area contributed by atoms with Crippen LogP contribution in [0.5, 0.6) is 0 Å². The molecular formula is C14H20N4O2S. The first-order valence-electron chi connectivity index (χ1n) is 6.65. The summed E-state index contributed by atoms with van der Waals surface area (Å²) in [5.41, 5.74) is 2.42. The maximum atomic E-state index is 12.4. The summed E-state index contributed by atoms with van der Waals surface area (Å²) >= 11 is 0. The predicted octanol–water partition coefficient (Wildman–Crippen LogP) is 0.926. The Kier molecular flexibility index (Phi) is 4.76. The van der Waals surface area contributed by atoms with E-state index >= 15 is 0 Å². The Labute approximate surface area is 125 Å². The second kappa shape index (κ2) is 6.38. The minimum Gasteiger partial charge on any atom is -0.316 e. The van der Waals surface area contributed by atoms with Crippen molar-refractivity contribution in [3.63, 3.8) is 0 Å². The van der Waals surface area contributed by atoms with Gasteiger partial charge in [-0.2, -0.15) is 5.10 Å². The van der Waals surface area contributed by atoms with Crippen LogP contribution in [0.2, 0.25) is 0 Å². The minimum atomic E-state index is -3.55. The van der Waals surface area contributed by atoms with E-state index in [0.717, 1.165) is 11.1 Å². The first kappa shape index (κ1) is 15.7. The second-order valence-corrected chi connectivity index (χ2v) is 6.61. The minimum absolute atomic E-state index is 0.179. The summed E-state index contributed by atoms with van der Waals surface area (Å²) in [4.78, 5) is 0.311. The molecule has 0 aliphatic rings. The van der Waals surface area contributed by atoms with Gasteiger partial charge in [0.05, 0.1) is 17.1 Å². The van der Waals surface area contributed by atoms with Crippen LogP contribution in [0.15, 0.2) is 35.4 Å². The van der Waals surface area contributed by atoms with Crippen molar-refractivity contribution >= 4 is 10.0 Å². The molecule has 0 saturated heterocycles. The zero-order valence-electron chi connectivity index (χ0n) is 12.4. The van der Waals surface area contributed by atoms with Crippen molar-refractivity contribution in [1.82, 2.24) is 19.8 Å². The molecule has 1 heterocycles. The summed E-state index contributed by atoms with van der Waals surface area (Å²) < 4.78 is 29.1. The first-order chi connectivity index (χ1) is 9.94. The highest BCUT2D eigenvalue weighted by molar-refractivity contribution is 7.89. The van der Waals surface area contributed by atoms with Gasteiger partial charge in [-0.3, -0.25) is 4.68 Å². The smallest absolute Gasteiger partial charge is 0.241 e. The molecule has 0 saturated carbocycles. The van der Waals surface area contributed by atoms with E-state index in [2.05, 4.69) is 15.1 Å². The van der Waals surface area contributed by atoms with Gasteiger partial charge in [-0.25, -0.2) is 13.1 Å². The number of rotatable bonds is 6. The van der Waals surface area contributed by atoms with Crippen LogP contribution in [0, 0.1) is 6.92 Å². The highest BCUT2D eigenvalue weighted by atomic mass is 32.2. The van der Waals surface area contributed by atoms with Crippen LogP contribution >= 0.6 is 0 Å². The Hall–Kier alpha value is -1.70. The quantitative estimate of drug-likeness (QED) is 0.832. The molecule has 1 aromatic heterocycles. The molecule has 0 atom stereocenters. The monoisotopic (exact) mass is 308 g/mol. The van der Waals surface area contributed by atoms with Crippen LogP contribution in [0.4, 0.5) is 0 Å². The SMILES string of the molecule is CNCc1cccc(S(=O)(=O)NCc2ccn(C)n2)c1C. The molecule has 0 radical (unpaired) electrons. The zero-order chi connectivity index (χ0) is 15.5. The van der Waals surface area contributed by atoms with E-state index in [4.69, 9.17) is 0 Å². The van der Waals surface area contributed by atoms with Crippen LogP contribution < -0.4 is 10.0 Å². The standard InChI is InChI=1S/C14H20N4O2S/c1-11-12(9-15-2)5-4-6-14(11)21(19,20)16-10-13-7-8-18(3)17-13/h4-8,15-16H,9-10H2,1-3H3. The molecule has 0 aliphatic carbocycles. The van der Waals surface area contributed by atoms with E-state index in [9.17, 15) is 8.42 Å². The fourth-order valence-electron chi connectivity index (χ4n) is 2.14. The van der Waals surface area contributed by atoms with Crippen LogP contribution in [-0.4, -0.2) is 25.2 Å². The Bertz CT molecular complexity index is 722. The predicted molar refractivity (Wildman–Crippen MR) is 81.2 cm³/mol. The maximum Gasteiger partial charge on any atom is 0.241 e. The molecule has 6 nitrogen and oxygen atoms in total. The van der Waals surface area contributed by atoms with Gasteiger partial charge in [0.25, 0.3) is 0 Å². The lowest BCUT2D eigenvalue weighted by molar-refractivity contribution is 0.578. The molecule has 1 aromatic carbocycles. The summed E-state index contributed by atoms with van der Waals surface area (Å²) in [6, 6.07) is 7.08. The molecule has 0 aliphatic heterocycles. The van der Waals surface area contributed by atoms with Crippen molar-refractivity contribution in [3.05, 3.63) is 47.3 Å². The average Bonchev–Trinajstić information content (AvgIpc) is 2.85. The van der Waals surface area contributed by atoms with Crippen molar-refractivity contribution < 1.29 is 8.42 Å². The van der Waals surface area contributed by atoms with Gasteiger partial charge in [-0.15, -0.1) is 0 Å². The molecule has 114 valence electrons. The van der Waals surface area contributed by atoms with E-state index in [1.54, 1.807) is 36.1 Å². The van der Waals surface area contributed by atoms with Gasteiger partial charge < -0.3 is 5.32 Å². The van der Waals surface area contributed by atoms with E-state index in [1.807, 2.05) is 20.0 Å². The molecule has 0 spiro atoms. The van der Waals surface area contributed by atoms with E-state index < -0.39 is 10.0 Å². The molecule has 0 fully saturated rings. The fourth-order valence-corrected chi connectivity index (χ4v) is 3.42. The zero-order valence-corrected chi connectivity index (χ0v) is 13.2. The number of hydrogen-bond donors (Lipinski definition) is 2. The van der Waals surface area contributed by atoms with Crippen molar-refractivity contribution in [2.45, 2.75) is 24.9 Å². The summed E-state index contributed by atoms with van der Waals surface area (Å²) in [5, 5.41) is 7.19. The largest absolute Gasteiger partial charge is 0.316 e. The second-order valence-electron chi connectivity index (χ2n) is 4.88. The fraction of sp³-hybridized carbons (Fsp3) is 0.357. The normalized spacial score (nSPS) is 11.8. The Morgan fingerprint density at radius 1 is 1.24 bits per heavy atom. The molecule has 21 heavy (non-hydrogen) atoms. The van der Waals surface area contributed by atoms with E-state index in [1.165, 1.54) is 0 Å². The number of hydrogen-bond acceptors (Lipinski definition) is 4. The van der Waals surface area contributed by atoms with Gasteiger partial charge in [0.15, 0.2) is 0 Å². The summed E-state index contributed by atoms with van der Waals surface area (Å²) in [5.74, 6) is 0. The topological polar surface area (TPSA) is 76.0 Å². The molecule has 2 aromatic rings. The molecule has 0 bridgehead atoms. The number of nitrogens with zero attached hydrogens (tertiary/aromatic N) is 2. The van der Waals surface area contributed by atoms with E-state index in [0.29, 0.717) is 17.1 Å². The van der Waals surface area contributed by atoms with Crippen LogP contribution in [-0.2, 0) is 30.2 Å². The number of sulfonamides is 1. The highest BCUT2D eigenvalue weighted by Gasteiger charge is 2.18. The molecular weight excluding hydrogens is 288 g/mol. The number of aromatic nitrogens is 2. The van der Waals surface area contributed by atoms with E-state index in [-0.39, 0.29) is 6.54 Å². The lowest BCUT2D eigenvalue weighted by atomic mass is 10.1. The molecule has 2 rings (SSSR count). The molecule has 0 amide bonds. The van der Waals surface area contributed by atoms with Gasteiger partial charge in [0, 0.05) is 19.8 Å². The Morgan fingerprint density at radius 2 is 2.00 bits per heavy atom. The summed E-state index contributed by atoms with van der Waals surface area (Å²) in [6.45, 7) is 2.64. The van der Waals surface area contributed by atoms with Crippen LogP contribution in [0.3, 0.4) is 0 Å². The third-order valence-electron chi connectivity index (χ3n) is 3.27. The van der Waals surface area contributed by atoms with Crippen molar-refractivity contribution in [1.29, 1.82) is 0 Å². The molecule has 0 unspecified atom stereocenters. The Morgan fingerprint density at radius 3 is 2.62 bits per heavy atom.